The summed E-state index contributed by atoms with van der Waals surface area (Å²) in [6.45, 7) is -0.424. The molecule has 2 N–H and O–H groups in total. The molecule has 4 aliphatic rings. The van der Waals surface area contributed by atoms with E-state index in [1.807, 2.05) is 24.3 Å². The fourth-order valence-corrected chi connectivity index (χ4v) is 10.1. The third-order valence-electron chi connectivity index (χ3n) is 9.12. The monoisotopic (exact) mass is 661 g/mol. The molecule has 7 rings (SSSR count). The molecule has 228 valence electrons. The normalized spacial score (nSPS) is 24.5. The number of halogens is 2. The van der Waals surface area contributed by atoms with Crippen molar-refractivity contribution >= 4 is 66.2 Å². The van der Waals surface area contributed by atoms with Crippen molar-refractivity contribution in [2.24, 2.45) is 17.8 Å². The first-order chi connectivity index (χ1) is 20.3. The lowest BCUT2D eigenvalue weighted by molar-refractivity contribution is -0.114. The second-order valence-corrected chi connectivity index (χ2v) is 16.7. The van der Waals surface area contributed by atoms with Gasteiger partial charge >= 0.3 is 0 Å². The number of carbonyl (C=O) groups is 1. The quantitative estimate of drug-likeness (QED) is 0.266. The van der Waals surface area contributed by atoms with Gasteiger partial charge in [0.05, 0.1) is 27.5 Å². The summed E-state index contributed by atoms with van der Waals surface area (Å²) in [7, 11) is -7.72. The number of rotatable bonds is 9. The maximum atomic E-state index is 13.0. The van der Waals surface area contributed by atoms with E-state index in [1.54, 1.807) is 0 Å². The summed E-state index contributed by atoms with van der Waals surface area (Å²) in [6, 6.07) is 17.6. The second kappa shape index (κ2) is 11.3. The Morgan fingerprint density at radius 3 is 1.98 bits per heavy atom. The average molecular weight is 663 g/mol. The van der Waals surface area contributed by atoms with Crippen molar-refractivity contribution < 1.29 is 21.6 Å². The van der Waals surface area contributed by atoms with Crippen LogP contribution in [0.2, 0.25) is 10.0 Å². The van der Waals surface area contributed by atoms with Crippen LogP contribution < -0.4 is 14.3 Å². The molecule has 0 radical (unpaired) electrons. The highest BCUT2D eigenvalue weighted by atomic mass is 35.5. The molecular weight excluding hydrogens is 629 g/mol. The molecule has 4 aliphatic carbocycles. The molecule has 0 saturated heterocycles. The zero-order valence-electron chi connectivity index (χ0n) is 23.6. The summed E-state index contributed by atoms with van der Waals surface area (Å²) < 4.78 is 54.6. The largest absolute Gasteiger partial charge is 0.325 e. The van der Waals surface area contributed by atoms with Gasteiger partial charge in [0.25, 0.3) is 10.0 Å². The van der Waals surface area contributed by atoms with Crippen LogP contribution in [0.4, 0.5) is 17.1 Å². The van der Waals surface area contributed by atoms with E-state index in [0.29, 0.717) is 16.4 Å². The highest BCUT2D eigenvalue weighted by Crippen LogP contribution is 2.60. The Morgan fingerprint density at radius 2 is 1.44 bits per heavy atom. The van der Waals surface area contributed by atoms with Crippen molar-refractivity contribution in [2.45, 2.75) is 48.8 Å². The van der Waals surface area contributed by atoms with Crippen LogP contribution in [0.15, 0.2) is 71.6 Å². The van der Waals surface area contributed by atoms with Gasteiger partial charge in [-0.15, -0.1) is 0 Å². The van der Waals surface area contributed by atoms with Gasteiger partial charge in [0.1, 0.15) is 6.54 Å². The topological polar surface area (TPSA) is 113 Å². The highest BCUT2D eigenvalue weighted by Gasteiger charge is 2.51. The Morgan fingerprint density at radius 1 is 0.860 bits per heavy atom. The van der Waals surface area contributed by atoms with Crippen LogP contribution in [0.5, 0.6) is 0 Å². The zero-order valence-corrected chi connectivity index (χ0v) is 26.7. The van der Waals surface area contributed by atoms with E-state index in [2.05, 4.69) is 10.0 Å². The van der Waals surface area contributed by atoms with Gasteiger partial charge in [0, 0.05) is 10.7 Å². The SMILES string of the molecule is CS(=O)(=O)N(CC(=O)Nc1ccc(S(=O)(=O)Nc2ccc(Cl)cc2Cl)cc1)c1ccc(C23CC4CC(CC(C4)C2)C3)cc1. The first kappa shape index (κ1) is 30.2. The lowest BCUT2D eigenvalue weighted by atomic mass is 9.48. The van der Waals surface area contributed by atoms with Crippen molar-refractivity contribution in [3.8, 4) is 0 Å². The number of amides is 1. The van der Waals surface area contributed by atoms with Gasteiger partial charge in [0.15, 0.2) is 0 Å². The van der Waals surface area contributed by atoms with E-state index in [-0.39, 0.29) is 21.0 Å². The maximum Gasteiger partial charge on any atom is 0.261 e. The minimum absolute atomic E-state index is 0.0478. The van der Waals surface area contributed by atoms with E-state index < -0.39 is 32.5 Å². The standard InChI is InChI=1S/C31H33Cl2N3O5S2/c1-42(38,39)36(26-7-2-23(3-8-26)31-16-20-12-21(17-31)14-22(13-20)18-31)19-30(37)34-25-5-9-27(10-6-25)43(40,41)35-29-11-4-24(32)15-28(29)33/h2-11,15,20-22,35H,12-14,16-19H2,1H3,(H,34,37). The van der Waals surface area contributed by atoms with E-state index in [0.717, 1.165) is 28.3 Å². The lowest BCUT2D eigenvalue weighted by Crippen LogP contribution is -2.48. The van der Waals surface area contributed by atoms with Crippen molar-refractivity contribution in [3.05, 3.63) is 82.3 Å². The van der Waals surface area contributed by atoms with Gasteiger partial charge < -0.3 is 5.32 Å². The van der Waals surface area contributed by atoms with E-state index in [9.17, 15) is 21.6 Å². The molecule has 4 bridgehead atoms. The van der Waals surface area contributed by atoms with Crippen LogP contribution in [0.1, 0.15) is 44.1 Å². The first-order valence-corrected chi connectivity index (χ1v) is 18.3. The summed E-state index contributed by atoms with van der Waals surface area (Å²) >= 11 is 12.0. The van der Waals surface area contributed by atoms with Crippen molar-refractivity contribution in [1.29, 1.82) is 0 Å². The maximum absolute atomic E-state index is 13.0. The summed E-state index contributed by atoms with van der Waals surface area (Å²) in [4.78, 5) is 12.9. The molecule has 4 fully saturated rings. The summed E-state index contributed by atoms with van der Waals surface area (Å²) in [6.07, 6.45) is 8.75. The highest BCUT2D eigenvalue weighted by molar-refractivity contribution is 7.92. The predicted molar refractivity (Wildman–Crippen MR) is 171 cm³/mol. The van der Waals surface area contributed by atoms with E-state index in [1.165, 1.54) is 86.6 Å². The van der Waals surface area contributed by atoms with Crippen LogP contribution in [0, 0.1) is 17.8 Å². The van der Waals surface area contributed by atoms with Crippen molar-refractivity contribution in [2.75, 3.05) is 27.1 Å². The van der Waals surface area contributed by atoms with Crippen molar-refractivity contribution in [1.82, 2.24) is 0 Å². The van der Waals surface area contributed by atoms with Crippen LogP contribution in [-0.4, -0.2) is 35.5 Å². The third-order valence-corrected chi connectivity index (χ3v) is 12.2. The fraction of sp³-hybridized carbons (Fsp3) is 0.387. The number of hydrogen-bond donors (Lipinski definition) is 2. The Balaban J connectivity index is 1.13. The molecule has 4 saturated carbocycles. The second-order valence-electron chi connectivity index (χ2n) is 12.3. The molecule has 0 unspecified atom stereocenters. The summed E-state index contributed by atoms with van der Waals surface area (Å²) in [5.41, 5.74) is 2.39. The summed E-state index contributed by atoms with van der Waals surface area (Å²) in [5, 5.41) is 3.19. The Labute approximate surface area is 262 Å². The lowest BCUT2D eigenvalue weighted by Gasteiger charge is -2.57. The first-order valence-electron chi connectivity index (χ1n) is 14.3. The zero-order chi connectivity index (χ0) is 30.6. The molecular formula is C31H33Cl2N3O5S2. The fourth-order valence-electron chi connectivity index (χ4n) is 7.67. The Bertz CT molecular complexity index is 1730. The number of nitrogens with zero attached hydrogens (tertiary/aromatic N) is 1. The number of benzene rings is 3. The van der Waals surface area contributed by atoms with Crippen LogP contribution in [0.25, 0.3) is 0 Å². The number of carbonyl (C=O) groups excluding carboxylic acids is 1. The molecule has 3 aromatic carbocycles. The molecule has 0 aliphatic heterocycles. The average Bonchev–Trinajstić information content (AvgIpc) is 2.92. The molecule has 1 amide bonds. The number of hydrogen-bond acceptors (Lipinski definition) is 5. The number of nitrogens with one attached hydrogen (secondary N) is 2. The van der Waals surface area contributed by atoms with Gasteiger partial charge in [-0.2, -0.15) is 0 Å². The minimum Gasteiger partial charge on any atom is -0.325 e. The Kier molecular flexibility index (Phi) is 7.94. The van der Waals surface area contributed by atoms with E-state index in [4.69, 9.17) is 23.2 Å². The molecule has 8 nitrogen and oxygen atoms in total. The van der Waals surface area contributed by atoms with Crippen LogP contribution >= 0.6 is 23.2 Å². The van der Waals surface area contributed by atoms with Gasteiger partial charge in [-0.05, 0) is 122 Å². The number of sulfonamides is 2. The predicted octanol–water partition coefficient (Wildman–Crippen LogP) is 6.67. The molecule has 0 spiro atoms. The molecule has 12 heteroatoms. The Hall–Kier alpha value is -2.79. The molecule has 0 aromatic heterocycles. The van der Waals surface area contributed by atoms with Gasteiger partial charge in [-0.25, -0.2) is 16.8 Å². The van der Waals surface area contributed by atoms with Crippen LogP contribution in [-0.2, 0) is 30.3 Å². The van der Waals surface area contributed by atoms with Gasteiger partial charge in [-0.1, -0.05) is 35.3 Å². The summed E-state index contributed by atoms with van der Waals surface area (Å²) in [5.74, 6) is 1.84. The third kappa shape index (κ3) is 6.38. The number of anilines is 3. The molecule has 0 heterocycles. The molecule has 3 aromatic rings. The smallest absolute Gasteiger partial charge is 0.261 e. The minimum atomic E-state index is -3.96. The molecule has 43 heavy (non-hydrogen) atoms. The van der Waals surface area contributed by atoms with Crippen LogP contribution in [0.3, 0.4) is 0 Å². The van der Waals surface area contributed by atoms with Crippen molar-refractivity contribution in [3.63, 3.8) is 0 Å². The van der Waals surface area contributed by atoms with Gasteiger partial charge in [0.2, 0.25) is 15.9 Å². The molecule has 0 atom stereocenters. The van der Waals surface area contributed by atoms with E-state index >= 15 is 0 Å². The van der Waals surface area contributed by atoms with Gasteiger partial charge in [-0.3, -0.25) is 13.8 Å².